The molecule has 8 heteroatoms. The van der Waals surface area contributed by atoms with Gasteiger partial charge in [0.15, 0.2) is 0 Å². The van der Waals surface area contributed by atoms with Crippen molar-refractivity contribution in [3.8, 4) is 0 Å². The molecule has 110 valence electrons. The summed E-state index contributed by atoms with van der Waals surface area (Å²) in [6, 6.07) is -1.80. The fourth-order valence-electron chi connectivity index (χ4n) is 1.41. The molecule has 0 saturated heterocycles. The minimum atomic E-state index is -1.11. The van der Waals surface area contributed by atoms with Crippen molar-refractivity contribution in [2.24, 2.45) is 11.5 Å². The van der Waals surface area contributed by atoms with E-state index in [9.17, 15) is 14.4 Å². The number of carbonyl (C=O) groups excluding carboxylic acids is 2. The first-order valence-corrected chi connectivity index (χ1v) is 6.15. The summed E-state index contributed by atoms with van der Waals surface area (Å²) in [5.74, 6) is -2.14. The van der Waals surface area contributed by atoms with Gasteiger partial charge in [0.2, 0.25) is 11.8 Å². The Bertz CT molecular complexity index is 322. The third-order valence-electron chi connectivity index (χ3n) is 2.52. The van der Waals surface area contributed by atoms with Crippen molar-refractivity contribution in [2.75, 3.05) is 13.1 Å². The molecule has 2 unspecified atom stereocenters. The predicted octanol–water partition coefficient (Wildman–Crippen LogP) is -1.85. The first-order valence-electron chi connectivity index (χ1n) is 6.15. The third kappa shape index (κ3) is 7.37. The van der Waals surface area contributed by atoms with Gasteiger partial charge in [0.25, 0.3) is 0 Å². The number of hydrogen-bond acceptors (Lipinski definition) is 5. The van der Waals surface area contributed by atoms with Crippen LogP contribution in [0.1, 0.15) is 26.2 Å². The summed E-state index contributed by atoms with van der Waals surface area (Å²) in [5, 5.41) is 13.7. The number of rotatable bonds is 9. The molecular weight excluding hydrogens is 252 g/mol. The zero-order valence-corrected chi connectivity index (χ0v) is 11.0. The summed E-state index contributed by atoms with van der Waals surface area (Å²) in [7, 11) is 0. The highest BCUT2D eigenvalue weighted by Crippen LogP contribution is 2.01. The molecule has 2 amide bonds. The number of unbranched alkanes of at least 4 members (excludes halogenated alkanes) is 1. The van der Waals surface area contributed by atoms with Crippen molar-refractivity contribution in [3.63, 3.8) is 0 Å². The van der Waals surface area contributed by atoms with Crippen LogP contribution < -0.4 is 22.1 Å². The first-order chi connectivity index (χ1) is 8.92. The molecule has 19 heavy (non-hydrogen) atoms. The van der Waals surface area contributed by atoms with Crippen LogP contribution >= 0.6 is 0 Å². The van der Waals surface area contributed by atoms with Crippen LogP contribution in [0.25, 0.3) is 0 Å². The van der Waals surface area contributed by atoms with Crippen molar-refractivity contribution < 1.29 is 19.5 Å². The van der Waals surface area contributed by atoms with Crippen molar-refractivity contribution in [1.29, 1.82) is 0 Å². The first kappa shape index (κ1) is 17.3. The average Bonchev–Trinajstić information content (AvgIpc) is 2.36. The van der Waals surface area contributed by atoms with E-state index >= 15 is 0 Å². The zero-order chi connectivity index (χ0) is 14.8. The summed E-state index contributed by atoms with van der Waals surface area (Å²) in [6.45, 7) is 1.71. The second-order valence-corrected chi connectivity index (χ2v) is 4.18. The number of nitrogens with two attached hydrogens (primary N) is 2. The van der Waals surface area contributed by atoms with Crippen LogP contribution in [0.3, 0.4) is 0 Å². The Morgan fingerprint density at radius 3 is 2.26 bits per heavy atom. The van der Waals surface area contributed by atoms with E-state index in [2.05, 4.69) is 10.6 Å². The molecule has 0 heterocycles. The molecule has 0 rings (SSSR count). The minimum Gasteiger partial charge on any atom is -0.480 e. The molecule has 8 nitrogen and oxygen atoms in total. The number of aliphatic carboxylic acids is 1. The molecule has 0 aromatic carbocycles. The molecule has 0 spiro atoms. The number of carbonyl (C=O) groups is 3. The predicted molar refractivity (Wildman–Crippen MR) is 69.1 cm³/mol. The fraction of sp³-hybridized carbons (Fsp3) is 0.727. The quantitative estimate of drug-likeness (QED) is 0.312. The minimum absolute atomic E-state index is 0.226. The summed E-state index contributed by atoms with van der Waals surface area (Å²) in [5.41, 5.74) is 10.4. The highest BCUT2D eigenvalue weighted by Gasteiger charge is 2.23. The van der Waals surface area contributed by atoms with E-state index in [4.69, 9.17) is 16.6 Å². The number of carboxylic acids is 1. The second-order valence-electron chi connectivity index (χ2n) is 4.18. The molecule has 0 aliphatic heterocycles. The number of nitrogens with one attached hydrogen (secondary N) is 2. The van der Waals surface area contributed by atoms with Gasteiger partial charge in [-0.2, -0.15) is 0 Å². The maximum absolute atomic E-state index is 11.7. The zero-order valence-electron chi connectivity index (χ0n) is 11.0. The molecule has 0 fully saturated rings. The highest BCUT2D eigenvalue weighted by molar-refractivity contribution is 5.90. The smallest absolute Gasteiger partial charge is 0.326 e. The molecule has 2 atom stereocenters. The van der Waals surface area contributed by atoms with Gasteiger partial charge in [0.05, 0.1) is 6.54 Å². The van der Waals surface area contributed by atoms with Crippen LogP contribution in [0.4, 0.5) is 0 Å². The standard InChI is InChI=1S/C11H22N4O4/c1-7(14-9(16)6-13)10(17)15-8(11(18)19)4-2-3-5-12/h7-8H,2-6,12-13H2,1H3,(H,14,16)(H,15,17)(H,18,19). The summed E-state index contributed by atoms with van der Waals surface area (Å²) in [6.07, 6.45) is 1.60. The van der Waals surface area contributed by atoms with Crippen LogP contribution in [0, 0.1) is 0 Å². The lowest BCUT2D eigenvalue weighted by atomic mass is 10.1. The van der Waals surface area contributed by atoms with E-state index in [1.807, 2.05) is 0 Å². The summed E-state index contributed by atoms with van der Waals surface area (Å²) >= 11 is 0. The van der Waals surface area contributed by atoms with E-state index in [-0.39, 0.29) is 6.54 Å². The number of amides is 2. The van der Waals surface area contributed by atoms with Gasteiger partial charge in [-0.25, -0.2) is 4.79 Å². The molecule has 7 N–H and O–H groups in total. The van der Waals surface area contributed by atoms with Crippen LogP contribution in [0.2, 0.25) is 0 Å². The van der Waals surface area contributed by atoms with Gasteiger partial charge in [0, 0.05) is 0 Å². The van der Waals surface area contributed by atoms with E-state index in [1.54, 1.807) is 0 Å². The van der Waals surface area contributed by atoms with E-state index < -0.39 is 29.9 Å². The van der Waals surface area contributed by atoms with Gasteiger partial charge in [-0.1, -0.05) is 0 Å². The lowest BCUT2D eigenvalue weighted by Gasteiger charge is -2.18. The Morgan fingerprint density at radius 1 is 1.16 bits per heavy atom. The average molecular weight is 274 g/mol. The van der Waals surface area contributed by atoms with Gasteiger partial charge in [0.1, 0.15) is 12.1 Å². The lowest BCUT2D eigenvalue weighted by Crippen LogP contribution is -2.51. The highest BCUT2D eigenvalue weighted by atomic mass is 16.4. The maximum atomic E-state index is 11.7. The van der Waals surface area contributed by atoms with Gasteiger partial charge in [-0.15, -0.1) is 0 Å². The third-order valence-corrected chi connectivity index (χ3v) is 2.52. The number of carboxylic acid groups (broad SMARTS) is 1. The van der Waals surface area contributed by atoms with Gasteiger partial charge in [-0.05, 0) is 32.7 Å². The van der Waals surface area contributed by atoms with Crippen molar-refractivity contribution in [1.82, 2.24) is 10.6 Å². The SMILES string of the molecule is CC(NC(=O)CN)C(=O)NC(CCCCN)C(=O)O. The van der Waals surface area contributed by atoms with Gasteiger partial charge in [-0.3, -0.25) is 9.59 Å². The fourth-order valence-corrected chi connectivity index (χ4v) is 1.41. The lowest BCUT2D eigenvalue weighted by molar-refractivity contribution is -0.142. The summed E-state index contributed by atoms with van der Waals surface area (Å²) in [4.78, 5) is 33.7. The number of hydrogen-bond donors (Lipinski definition) is 5. The molecule has 0 saturated carbocycles. The largest absolute Gasteiger partial charge is 0.480 e. The Hall–Kier alpha value is -1.67. The van der Waals surface area contributed by atoms with E-state index in [0.29, 0.717) is 25.8 Å². The Balaban J connectivity index is 4.29. The van der Waals surface area contributed by atoms with Crippen LogP contribution in [-0.2, 0) is 14.4 Å². The van der Waals surface area contributed by atoms with Crippen LogP contribution in [0.5, 0.6) is 0 Å². The van der Waals surface area contributed by atoms with Crippen molar-refractivity contribution >= 4 is 17.8 Å². The van der Waals surface area contributed by atoms with Gasteiger partial charge < -0.3 is 27.2 Å². The summed E-state index contributed by atoms with van der Waals surface area (Å²) < 4.78 is 0. The Morgan fingerprint density at radius 2 is 1.79 bits per heavy atom. The maximum Gasteiger partial charge on any atom is 0.326 e. The van der Waals surface area contributed by atoms with Crippen molar-refractivity contribution in [3.05, 3.63) is 0 Å². The van der Waals surface area contributed by atoms with E-state index in [0.717, 1.165) is 0 Å². The molecular formula is C11H22N4O4. The topological polar surface area (TPSA) is 148 Å². The molecule has 0 aliphatic carbocycles. The van der Waals surface area contributed by atoms with E-state index in [1.165, 1.54) is 6.92 Å². The second kappa shape index (κ2) is 9.29. The Labute approximate surface area is 111 Å². The van der Waals surface area contributed by atoms with Crippen LogP contribution in [-0.4, -0.2) is 48.1 Å². The molecule has 0 radical (unpaired) electrons. The van der Waals surface area contributed by atoms with Crippen LogP contribution in [0.15, 0.2) is 0 Å². The molecule has 0 aromatic heterocycles. The Kier molecular flexibility index (Phi) is 8.47. The molecule has 0 aliphatic rings. The normalized spacial score (nSPS) is 13.4. The molecule has 0 aromatic rings. The van der Waals surface area contributed by atoms with Crippen molar-refractivity contribution in [2.45, 2.75) is 38.3 Å². The molecule has 0 bridgehead atoms. The monoisotopic (exact) mass is 274 g/mol. The van der Waals surface area contributed by atoms with Gasteiger partial charge >= 0.3 is 5.97 Å².